The van der Waals surface area contributed by atoms with Gasteiger partial charge in [0, 0.05) is 25.3 Å². The number of rotatable bonds is 5. The number of ether oxygens (including phenoxy) is 1. The van der Waals surface area contributed by atoms with Crippen LogP contribution in [0.1, 0.15) is 31.7 Å². The highest BCUT2D eigenvalue weighted by Crippen LogP contribution is 2.32. The first-order chi connectivity index (χ1) is 14.4. The highest BCUT2D eigenvalue weighted by Gasteiger charge is 2.31. The molecule has 0 spiro atoms. The van der Waals surface area contributed by atoms with Crippen molar-refractivity contribution in [3.63, 3.8) is 0 Å². The van der Waals surface area contributed by atoms with Gasteiger partial charge >= 0.3 is 0 Å². The lowest BCUT2D eigenvalue weighted by Gasteiger charge is -2.32. The summed E-state index contributed by atoms with van der Waals surface area (Å²) in [6, 6.07) is 10.5. The second-order valence-corrected chi connectivity index (χ2v) is 9.65. The molecule has 2 aliphatic rings. The smallest absolute Gasteiger partial charge is 0.267 e. The Hall–Kier alpha value is -2.45. The van der Waals surface area contributed by atoms with Gasteiger partial charge in [-0.2, -0.15) is 4.31 Å². The molecule has 0 N–H and O–H groups in total. The van der Waals surface area contributed by atoms with Crippen molar-refractivity contribution in [3.8, 4) is 5.75 Å². The Morgan fingerprint density at radius 3 is 2.43 bits per heavy atom. The molecule has 1 unspecified atom stereocenters. The van der Waals surface area contributed by atoms with Crippen LogP contribution in [-0.4, -0.2) is 44.4 Å². The largest absolute Gasteiger partial charge is 0.481 e. The molecule has 2 aromatic carbocycles. The molecular weight excluding hydrogens is 407 g/mol. The number of carbonyl (C=O) groups is 1. The van der Waals surface area contributed by atoms with Gasteiger partial charge in [0.15, 0.2) is 6.10 Å². The number of aryl methyl sites for hydroxylation is 1. The van der Waals surface area contributed by atoms with Crippen LogP contribution >= 0.6 is 0 Å². The first kappa shape index (κ1) is 20.8. The third kappa shape index (κ3) is 4.06. The molecular formula is C22H25FN2O4S. The summed E-state index contributed by atoms with van der Waals surface area (Å²) < 4.78 is 46.0. The molecule has 1 fully saturated rings. The third-order valence-electron chi connectivity index (χ3n) is 5.61. The van der Waals surface area contributed by atoms with Crippen LogP contribution in [0.2, 0.25) is 0 Å². The molecule has 1 atom stereocenters. The number of carbonyl (C=O) groups excluding carboxylic acids is 1. The number of nitrogens with zero attached hydrogens (tertiary/aromatic N) is 2. The van der Waals surface area contributed by atoms with Crippen molar-refractivity contribution in [3.05, 3.63) is 53.8 Å². The van der Waals surface area contributed by atoms with Gasteiger partial charge in [-0.15, -0.1) is 0 Å². The Labute approximate surface area is 176 Å². The Kier molecular flexibility index (Phi) is 5.79. The monoisotopic (exact) mass is 432 g/mol. The van der Waals surface area contributed by atoms with Crippen LogP contribution in [0, 0.1) is 5.82 Å². The second-order valence-electron chi connectivity index (χ2n) is 7.71. The predicted molar refractivity (Wildman–Crippen MR) is 112 cm³/mol. The molecule has 30 heavy (non-hydrogen) atoms. The lowest BCUT2D eigenvalue weighted by atomic mass is 10.0. The van der Waals surface area contributed by atoms with E-state index in [4.69, 9.17) is 4.74 Å². The highest BCUT2D eigenvalue weighted by atomic mass is 32.2. The number of amides is 1. The van der Waals surface area contributed by atoms with E-state index in [9.17, 15) is 17.6 Å². The minimum atomic E-state index is -3.50. The van der Waals surface area contributed by atoms with Crippen molar-refractivity contribution in [1.82, 2.24) is 4.31 Å². The van der Waals surface area contributed by atoms with Gasteiger partial charge in [-0.3, -0.25) is 4.79 Å². The Morgan fingerprint density at radius 1 is 1.03 bits per heavy atom. The van der Waals surface area contributed by atoms with Gasteiger partial charge in [0.2, 0.25) is 10.0 Å². The van der Waals surface area contributed by atoms with Gasteiger partial charge in [0.05, 0.1) is 4.90 Å². The topological polar surface area (TPSA) is 66.9 Å². The lowest BCUT2D eigenvalue weighted by molar-refractivity contribution is -0.124. The Bertz CT molecular complexity index is 1030. The number of sulfonamides is 1. The first-order valence-electron chi connectivity index (χ1n) is 10.2. The molecule has 2 aromatic rings. The van der Waals surface area contributed by atoms with Crippen LogP contribution in [0.25, 0.3) is 0 Å². The summed E-state index contributed by atoms with van der Waals surface area (Å²) in [5.41, 5.74) is 1.57. The van der Waals surface area contributed by atoms with Crippen molar-refractivity contribution in [1.29, 1.82) is 0 Å². The quantitative estimate of drug-likeness (QED) is 0.727. The van der Waals surface area contributed by atoms with Crippen molar-refractivity contribution < 1.29 is 22.3 Å². The molecule has 2 heterocycles. The molecule has 0 bridgehead atoms. The van der Waals surface area contributed by atoms with E-state index in [1.54, 1.807) is 30.0 Å². The number of halogens is 1. The maximum Gasteiger partial charge on any atom is 0.267 e. The molecule has 6 nitrogen and oxygen atoms in total. The molecule has 2 aliphatic heterocycles. The molecule has 0 radical (unpaired) electrons. The van der Waals surface area contributed by atoms with E-state index in [-0.39, 0.29) is 16.6 Å². The average Bonchev–Trinajstić information content (AvgIpc) is 3.30. The van der Waals surface area contributed by atoms with Crippen molar-refractivity contribution in [2.45, 2.75) is 43.6 Å². The van der Waals surface area contributed by atoms with E-state index in [1.807, 2.05) is 0 Å². The zero-order valence-corrected chi connectivity index (χ0v) is 17.7. The highest BCUT2D eigenvalue weighted by molar-refractivity contribution is 7.89. The molecule has 1 amide bonds. The fourth-order valence-corrected chi connectivity index (χ4v) is 5.60. The SMILES string of the molecule is CC(Oc1ccc(F)cc1)C(=O)N1CCCc2cc(S(=O)(=O)N3CCCC3)ccc21. The maximum atomic E-state index is 13.1. The summed E-state index contributed by atoms with van der Waals surface area (Å²) >= 11 is 0. The van der Waals surface area contributed by atoms with E-state index in [0.717, 1.165) is 36.9 Å². The van der Waals surface area contributed by atoms with Crippen LogP contribution in [0.5, 0.6) is 5.75 Å². The van der Waals surface area contributed by atoms with E-state index in [2.05, 4.69) is 0 Å². The van der Waals surface area contributed by atoms with Crippen LogP contribution in [-0.2, 0) is 21.2 Å². The van der Waals surface area contributed by atoms with Crippen LogP contribution < -0.4 is 9.64 Å². The van der Waals surface area contributed by atoms with Crippen LogP contribution in [0.4, 0.5) is 10.1 Å². The van der Waals surface area contributed by atoms with Gasteiger partial charge in [-0.1, -0.05) is 0 Å². The number of benzene rings is 2. The molecule has 160 valence electrons. The van der Waals surface area contributed by atoms with Crippen molar-refractivity contribution in [2.75, 3.05) is 24.5 Å². The van der Waals surface area contributed by atoms with E-state index in [1.165, 1.54) is 28.6 Å². The van der Waals surface area contributed by atoms with E-state index < -0.39 is 16.1 Å². The summed E-state index contributed by atoms with van der Waals surface area (Å²) in [5, 5.41) is 0. The zero-order valence-electron chi connectivity index (χ0n) is 16.9. The summed E-state index contributed by atoms with van der Waals surface area (Å²) in [5.74, 6) is -0.164. The molecule has 1 saturated heterocycles. The predicted octanol–water partition coefficient (Wildman–Crippen LogP) is 3.36. The minimum Gasteiger partial charge on any atom is -0.481 e. The van der Waals surface area contributed by atoms with Gasteiger partial charge in [-0.05, 0) is 80.6 Å². The Morgan fingerprint density at radius 2 is 1.73 bits per heavy atom. The summed E-state index contributed by atoms with van der Waals surface area (Å²) in [7, 11) is -3.50. The second kappa shape index (κ2) is 8.35. The molecule has 4 rings (SSSR count). The number of hydrogen-bond donors (Lipinski definition) is 0. The number of hydrogen-bond acceptors (Lipinski definition) is 4. The Balaban J connectivity index is 1.54. The summed E-state index contributed by atoms with van der Waals surface area (Å²) in [4.78, 5) is 15.0. The van der Waals surface area contributed by atoms with Gasteiger partial charge in [0.1, 0.15) is 11.6 Å². The minimum absolute atomic E-state index is 0.213. The van der Waals surface area contributed by atoms with E-state index in [0.29, 0.717) is 25.4 Å². The van der Waals surface area contributed by atoms with Crippen molar-refractivity contribution >= 4 is 21.6 Å². The zero-order chi connectivity index (χ0) is 21.3. The molecule has 0 aromatic heterocycles. The van der Waals surface area contributed by atoms with Gasteiger partial charge < -0.3 is 9.64 Å². The maximum absolute atomic E-state index is 13.1. The van der Waals surface area contributed by atoms with Gasteiger partial charge in [0.25, 0.3) is 5.91 Å². The normalized spacial score (nSPS) is 18.1. The summed E-state index contributed by atoms with van der Waals surface area (Å²) in [6.45, 7) is 3.32. The lowest BCUT2D eigenvalue weighted by Crippen LogP contribution is -2.43. The average molecular weight is 433 g/mol. The third-order valence-corrected chi connectivity index (χ3v) is 7.51. The number of fused-ring (bicyclic) bond motifs is 1. The van der Waals surface area contributed by atoms with E-state index >= 15 is 0 Å². The molecule has 0 saturated carbocycles. The van der Waals surface area contributed by atoms with Crippen molar-refractivity contribution in [2.24, 2.45) is 0 Å². The first-order valence-corrected chi connectivity index (χ1v) is 11.7. The summed E-state index contributed by atoms with van der Waals surface area (Å²) in [6.07, 6.45) is 2.48. The van der Waals surface area contributed by atoms with Crippen LogP contribution in [0.15, 0.2) is 47.4 Å². The fourth-order valence-electron chi connectivity index (χ4n) is 4.03. The number of anilines is 1. The van der Waals surface area contributed by atoms with Gasteiger partial charge in [-0.25, -0.2) is 12.8 Å². The molecule has 8 heteroatoms. The van der Waals surface area contributed by atoms with Crippen LogP contribution in [0.3, 0.4) is 0 Å². The fraction of sp³-hybridized carbons (Fsp3) is 0.409. The standard InChI is InChI=1S/C22H25FN2O4S/c1-16(29-19-8-6-18(23)7-9-19)22(26)25-14-4-5-17-15-20(10-11-21(17)25)30(27,28)24-12-2-3-13-24/h6-11,15-16H,2-5,12-14H2,1H3. The molecule has 0 aliphatic carbocycles.